The lowest BCUT2D eigenvalue weighted by Gasteiger charge is -2.20. The van der Waals surface area contributed by atoms with E-state index < -0.39 is 12.1 Å². The first-order valence-electron chi connectivity index (χ1n) is 6.97. The molecule has 0 aliphatic carbocycles. The molecule has 4 nitrogen and oxygen atoms in total. The van der Waals surface area contributed by atoms with Crippen LogP contribution in [0.1, 0.15) is 18.6 Å². The Morgan fingerprint density at radius 3 is 2.45 bits per heavy atom. The first-order valence-corrected chi connectivity index (χ1v) is 6.97. The molecule has 2 rings (SSSR count). The number of ether oxygens (including phenoxy) is 1. The lowest BCUT2D eigenvalue weighted by molar-refractivity contribution is -0.124. The normalized spacial score (nSPS) is 13.2. The van der Waals surface area contributed by atoms with E-state index in [0.29, 0.717) is 11.3 Å². The minimum absolute atomic E-state index is 0.134. The first kappa shape index (κ1) is 16.0. The number of nitrogens with one attached hydrogen (secondary N) is 1. The molecule has 0 unspecified atom stereocenters. The van der Waals surface area contributed by atoms with Crippen LogP contribution >= 0.6 is 0 Å². The Morgan fingerprint density at radius 1 is 1.18 bits per heavy atom. The van der Waals surface area contributed by atoms with E-state index in [1.807, 2.05) is 18.2 Å². The average molecular weight is 303 g/mol. The molecule has 0 aliphatic rings. The Labute approximate surface area is 128 Å². The van der Waals surface area contributed by atoms with Crippen LogP contribution in [-0.2, 0) is 4.79 Å². The number of halogens is 1. The van der Waals surface area contributed by atoms with Crippen molar-refractivity contribution in [3.8, 4) is 5.75 Å². The quantitative estimate of drug-likeness (QED) is 0.862. The maximum Gasteiger partial charge on any atom is 0.258 e. The van der Waals surface area contributed by atoms with Crippen molar-refractivity contribution < 1.29 is 19.0 Å². The first-order chi connectivity index (χ1) is 10.6. The van der Waals surface area contributed by atoms with Crippen LogP contribution in [0.2, 0.25) is 0 Å². The summed E-state index contributed by atoms with van der Waals surface area (Å²) in [4.78, 5) is 11.8. The lowest BCUT2D eigenvalue weighted by atomic mass is 10.0. The molecule has 22 heavy (non-hydrogen) atoms. The van der Waals surface area contributed by atoms with Gasteiger partial charge in [-0.15, -0.1) is 0 Å². The molecule has 2 aromatic carbocycles. The van der Waals surface area contributed by atoms with Gasteiger partial charge in [0.25, 0.3) is 5.91 Å². The molecule has 5 heteroatoms. The Balaban J connectivity index is 1.84. The number of aliphatic hydroxyl groups is 1. The van der Waals surface area contributed by atoms with E-state index in [1.54, 1.807) is 19.1 Å². The minimum Gasteiger partial charge on any atom is -0.484 e. The number of rotatable bonds is 6. The van der Waals surface area contributed by atoms with E-state index in [2.05, 4.69) is 5.32 Å². The monoisotopic (exact) mass is 303 g/mol. The van der Waals surface area contributed by atoms with Gasteiger partial charge in [0.05, 0.1) is 12.1 Å². The molecule has 0 saturated carbocycles. The van der Waals surface area contributed by atoms with Crippen molar-refractivity contribution in [2.24, 2.45) is 0 Å². The third-order valence-electron chi connectivity index (χ3n) is 3.19. The van der Waals surface area contributed by atoms with Gasteiger partial charge in [-0.2, -0.15) is 0 Å². The molecular weight excluding hydrogens is 285 g/mol. The second kappa shape index (κ2) is 7.56. The van der Waals surface area contributed by atoms with Gasteiger partial charge in [-0.1, -0.05) is 30.3 Å². The molecule has 0 saturated heterocycles. The molecule has 2 N–H and O–H groups in total. The van der Waals surface area contributed by atoms with Crippen molar-refractivity contribution in [2.45, 2.75) is 19.1 Å². The van der Waals surface area contributed by atoms with E-state index in [4.69, 9.17) is 4.74 Å². The molecule has 0 fully saturated rings. The molecule has 0 aliphatic heterocycles. The zero-order chi connectivity index (χ0) is 15.9. The van der Waals surface area contributed by atoms with Crippen LogP contribution < -0.4 is 10.1 Å². The number of aliphatic hydroxyl groups excluding tert-OH is 1. The molecule has 0 aromatic heterocycles. The zero-order valence-electron chi connectivity index (χ0n) is 12.2. The van der Waals surface area contributed by atoms with Crippen molar-refractivity contribution >= 4 is 5.91 Å². The van der Waals surface area contributed by atoms with Gasteiger partial charge in [0.15, 0.2) is 6.61 Å². The molecule has 1 amide bonds. The van der Waals surface area contributed by atoms with Crippen LogP contribution in [0.25, 0.3) is 0 Å². The SMILES string of the molecule is C[C@H](NC(=O)COc1ccccc1)[C@@H](O)c1ccc(F)cc1. The van der Waals surface area contributed by atoms with Gasteiger partial charge < -0.3 is 15.2 Å². The predicted molar refractivity (Wildman–Crippen MR) is 80.9 cm³/mol. The van der Waals surface area contributed by atoms with Gasteiger partial charge in [0.2, 0.25) is 0 Å². The van der Waals surface area contributed by atoms with Crippen LogP contribution in [0.15, 0.2) is 54.6 Å². The lowest BCUT2D eigenvalue weighted by Crippen LogP contribution is -2.39. The highest BCUT2D eigenvalue weighted by Gasteiger charge is 2.18. The van der Waals surface area contributed by atoms with Crippen molar-refractivity contribution in [2.75, 3.05) is 6.61 Å². The third kappa shape index (κ3) is 4.56. The molecule has 2 aromatic rings. The highest BCUT2D eigenvalue weighted by molar-refractivity contribution is 5.77. The van der Waals surface area contributed by atoms with Crippen molar-refractivity contribution in [3.05, 3.63) is 66.0 Å². The largest absolute Gasteiger partial charge is 0.484 e. The number of para-hydroxylation sites is 1. The van der Waals surface area contributed by atoms with E-state index in [1.165, 1.54) is 24.3 Å². The minimum atomic E-state index is -0.915. The maximum absolute atomic E-state index is 12.9. The summed E-state index contributed by atoms with van der Waals surface area (Å²) in [5.74, 6) is -0.106. The second-order valence-electron chi connectivity index (χ2n) is 4.95. The van der Waals surface area contributed by atoms with E-state index >= 15 is 0 Å². The Morgan fingerprint density at radius 2 is 1.82 bits per heavy atom. The molecular formula is C17H18FNO3. The maximum atomic E-state index is 12.9. The van der Waals surface area contributed by atoms with Crippen LogP contribution in [0.4, 0.5) is 4.39 Å². The summed E-state index contributed by atoms with van der Waals surface area (Å²) in [6.45, 7) is 1.54. The summed E-state index contributed by atoms with van der Waals surface area (Å²) < 4.78 is 18.2. The van der Waals surface area contributed by atoms with E-state index in [0.717, 1.165) is 0 Å². The number of amides is 1. The van der Waals surface area contributed by atoms with E-state index in [9.17, 15) is 14.3 Å². The Hall–Kier alpha value is -2.40. The Bertz CT molecular complexity index is 601. The summed E-state index contributed by atoms with van der Waals surface area (Å²) in [6.07, 6.45) is -0.915. The van der Waals surface area contributed by atoms with Crippen LogP contribution in [0.3, 0.4) is 0 Å². The fourth-order valence-electron chi connectivity index (χ4n) is 1.99. The number of benzene rings is 2. The predicted octanol–water partition coefficient (Wildman–Crippen LogP) is 2.44. The summed E-state index contributed by atoms with van der Waals surface area (Å²) in [7, 11) is 0. The molecule has 0 bridgehead atoms. The summed E-state index contributed by atoms with van der Waals surface area (Å²) >= 11 is 0. The molecule has 0 heterocycles. The van der Waals surface area contributed by atoms with Crippen LogP contribution in [0.5, 0.6) is 5.75 Å². The van der Waals surface area contributed by atoms with E-state index in [-0.39, 0.29) is 18.3 Å². The third-order valence-corrected chi connectivity index (χ3v) is 3.19. The second-order valence-corrected chi connectivity index (χ2v) is 4.95. The molecule has 2 atom stereocenters. The highest BCUT2D eigenvalue weighted by Crippen LogP contribution is 2.17. The van der Waals surface area contributed by atoms with Crippen LogP contribution in [-0.4, -0.2) is 23.7 Å². The van der Waals surface area contributed by atoms with Crippen molar-refractivity contribution in [1.82, 2.24) is 5.32 Å². The molecule has 0 spiro atoms. The molecule has 116 valence electrons. The van der Waals surface area contributed by atoms with Gasteiger partial charge in [0.1, 0.15) is 11.6 Å². The number of carbonyl (C=O) groups is 1. The number of hydrogen-bond donors (Lipinski definition) is 2. The highest BCUT2D eigenvalue weighted by atomic mass is 19.1. The number of hydrogen-bond acceptors (Lipinski definition) is 3. The standard InChI is InChI=1S/C17H18FNO3/c1-12(17(21)13-7-9-14(18)10-8-13)19-16(20)11-22-15-5-3-2-4-6-15/h2-10,12,17,21H,11H2,1H3,(H,19,20)/t12-,17+/m0/s1. The zero-order valence-corrected chi connectivity index (χ0v) is 12.2. The van der Waals surface area contributed by atoms with Gasteiger partial charge >= 0.3 is 0 Å². The van der Waals surface area contributed by atoms with Crippen LogP contribution in [0, 0.1) is 5.82 Å². The fourth-order valence-corrected chi connectivity index (χ4v) is 1.99. The smallest absolute Gasteiger partial charge is 0.258 e. The van der Waals surface area contributed by atoms with Gasteiger partial charge in [-0.3, -0.25) is 4.79 Å². The Kier molecular flexibility index (Phi) is 5.49. The summed E-state index contributed by atoms with van der Waals surface area (Å²) in [5.41, 5.74) is 0.540. The summed E-state index contributed by atoms with van der Waals surface area (Å²) in [5, 5.41) is 12.8. The van der Waals surface area contributed by atoms with Crippen molar-refractivity contribution in [1.29, 1.82) is 0 Å². The van der Waals surface area contributed by atoms with Gasteiger partial charge in [-0.25, -0.2) is 4.39 Å². The number of carbonyl (C=O) groups excluding carboxylic acids is 1. The van der Waals surface area contributed by atoms with Crippen molar-refractivity contribution in [3.63, 3.8) is 0 Å². The average Bonchev–Trinajstić information content (AvgIpc) is 2.54. The fraction of sp³-hybridized carbons (Fsp3) is 0.235. The van der Waals surface area contributed by atoms with Gasteiger partial charge in [-0.05, 0) is 36.8 Å². The summed E-state index contributed by atoms with van der Waals surface area (Å²) in [6, 6.07) is 14.0. The van der Waals surface area contributed by atoms with Gasteiger partial charge in [0, 0.05) is 0 Å². The molecule has 0 radical (unpaired) electrons. The topological polar surface area (TPSA) is 58.6 Å².